The number of halogens is 2. The van der Waals surface area contributed by atoms with Gasteiger partial charge in [0, 0.05) is 38.1 Å². The van der Waals surface area contributed by atoms with Crippen molar-refractivity contribution in [2.24, 2.45) is 0 Å². The van der Waals surface area contributed by atoms with E-state index in [-0.39, 0.29) is 10.8 Å². The Labute approximate surface area is 181 Å². The molecular formula is C23H27ClFN5. The lowest BCUT2D eigenvalue weighted by atomic mass is 9.91. The van der Waals surface area contributed by atoms with E-state index in [1.165, 1.54) is 6.07 Å². The van der Waals surface area contributed by atoms with E-state index < -0.39 is 0 Å². The van der Waals surface area contributed by atoms with E-state index in [4.69, 9.17) is 21.6 Å². The molecule has 1 aliphatic rings. The second-order valence-corrected chi connectivity index (χ2v) is 8.51. The molecule has 1 fully saturated rings. The summed E-state index contributed by atoms with van der Waals surface area (Å²) in [6, 6.07) is 13.8. The fourth-order valence-corrected chi connectivity index (χ4v) is 4.20. The van der Waals surface area contributed by atoms with Gasteiger partial charge in [0.2, 0.25) is 5.95 Å². The summed E-state index contributed by atoms with van der Waals surface area (Å²) in [5, 5.41) is 8.34. The summed E-state index contributed by atoms with van der Waals surface area (Å²) in [5.41, 5.74) is 1.95. The molecule has 1 aliphatic carbocycles. The molecule has 0 saturated heterocycles. The van der Waals surface area contributed by atoms with Crippen LogP contribution in [0.15, 0.2) is 42.5 Å². The van der Waals surface area contributed by atoms with Crippen LogP contribution in [0.5, 0.6) is 0 Å². The normalized spacial score (nSPS) is 19.1. The molecule has 30 heavy (non-hydrogen) atoms. The minimum absolute atomic E-state index is 0.176. The number of nitrogens with zero attached hydrogens (tertiary/aromatic N) is 3. The minimum atomic E-state index is -0.375. The first-order chi connectivity index (χ1) is 14.5. The summed E-state index contributed by atoms with van der Waals surface area (Å²) in [6.07, 6.45) is 4.24. The lowest BCUT2D eigenvalue weighted by Crippen LogP contribution is -2.37. The van der Waals surface area contributed by atoms with Gasteiger partial charge in [0.25, 0.3) is 0 Å². The summed E-state index contributed by atoms with van der Waals surface area (Å²) in [7, 11) is 4.01. The molecule has 0 amide bonds. The van der Waals surface area contributed by atoms with Gasteiger partial charge in [0.05, 0.1) is 10.5 Å². The molecule has 1 aromatic heterocycles. The molecule has 0 spiro atoms. The maximum Gasteiger partial charge on any atom is 0.225 e. The number of para-hydroxylation sites is 1. The molecule has 0 bridgehead atoms. The third-order valence-corrected chi connectivity index (χ3v) is 5.94. The Kier molecular flexibility index (Phi) is 6.35. The van der Waals surface area contributed by atoms with E-state index >= 15 is 0 Å². The topological polar surface area (TPSA) is 53.1 Å². The Morgan fingerprint density at radius 2 is 1.77 bits per heavy atom. The highest BCUT2D eigenvalue weighted by Crippen LogP contribution is 2.26. The summed E-state index contributed by atoms with van der Waals surface area (Å²) in [5.74, 6) is 1.24. The van der Waals surface area contributed by atoms with Gasteiger partial charge in [0.15, 0.2) is 0 Å². The standard InChI is InChI=1S/C23H27ClFN5/c1-30(2)22-18-5-3-4-6-21(18)28-23(29-22)27-17-10-8-16(9-11-17)26-14-15-7-12-20(25)19(24)13-15/h3-7,12-13,16-17,26H,8-11,14H2,1-2H3,(H,27,28,29)/t16-,17+. The van der Waals surface area contributed by atoms with E-state index in [9.17, 15) is 4.39 Å². The highest BCUT2D eigenvalue weighted by molar-refractivity contribution is 6.30. The summed E-state index contributed by atoms with van der Waals surface area (Å²) in [6.45, 7) is 0.697. The minimum Gasteiger partial charge on any atom is -0.362 e. The molecule has 0 unspecified atom stereocenters. The van der Waals surface area contributed by atoms with E-state index in [1.54, 1.807) is 12.1 Å². The summed E-state index contributed by atoms with van der Waals surface area (Å²) < 4.78 is 13.3. The molecule has 0 atom stereocenters. The zero-order valence-electron chi connectivity index (χ0n) is 17.3. The average molecular weight is 428 g/mol. The van der Waals surface area contributed by atoms with Crippen LogP contribution >= 0.6 is 11.6 Å². The lowest BCUT2D eigenvalue weighted by molar-refractivity contribution is 0.352. The molecule has 2 aromatic carbocycles. The quantitative estimate of drug-likeness (QED) is 0.579. The van der Waals surface area contributed by atoms with Crippen molar-refractivity contribution in [3.8, 4) is 0 Å². The molecule has 3 aromatic rings. The molecule has 5 nitrogen and oxygen atoms in total. The molecular weight excluding hydrogens is 401 g/mol. The van der Waals surface area contributed by atoms with Gasteiger partial charge < -0.3 is 15.5 Å². The SMILES string of the molecule is CN(C)c1nc(N[C@H]2CC[C@@H](NCc3ccc(F)c(Cl)c3)CC2)nc2ccccc12. The van der Waals surface area contributed by atoms with E-state index in [2.05, 4.69) is 16.7 Å². The third-order valence-electron chi connectivity index (χ3n) is 5.65. The van der Waals surface area contributed by atoms with Gasteiger partial charge in [-0.05, 0) is 55.5 Å². The van der Waals surface area contributed by atoms with E-state index in [0.717, 1.165) is 48.0 Å². The van der Waals surface area contributed by atoms with E-state index in [0.29, 0.717) is 24.6 Å². The van der Waals surface area contributed by atoms with Crippen LogP contribution in [-0.4, -0.2) is 36.1 Å². The Morgan fingerprint density at radius 1 is 1.03 bits per heavy atom. The Morgan fingerprint density at radius 3 is 2.50 bits per heavy atom. The van der Waals surface area contributed by atoms with E-state index in [1.807, 2.05) is 37.2 Å². The van der Waals surface area contributed by atoms with Crippen LogP contribution in [0, 0.1) is 5.82 Å². The van der Waals surface area contributed by atoms with Crippen molar-refractivity contribution < 1.29 is 4.39 Å². The molecule has 0 aliphatic heterocycles. The van der Waals surface area contributed by atoms with Gasteiger partial charge in [-0.3, -0.25) is 0 Å². The second kappa shape index (κ2) is 9.14. The first kappa shape index (κ1) is 20.8. The number of nitrogens with one attached hydrogen (secondary N) is 2. The lowest BCUT2D eigenvalue weighted by Gasteiger charge is -2.30. The molecule has 2 N–H and O–H groups in total. The van der Waals surface area contributed by atoms with Gasteiger partial charge >= 0.3 is 0 Å². The largest absolute Gasteiger partial charge is 0.362 e. The van der Waals surface area contributed by atoms with Crippen molar-refractivity contribution in [2.75, 3.05) is 24.3 Å². The Hall–Kier alpha value is -2.44. The van der Waals surface area contributed by atoms with Crippen LogP contribution in [0.4, 0.5) is 16.2 Å². The average Bonchev–Trinajstić information content (AvgIpc) is 2.75. The monoisotopic (exact) mass is 427 g/mol. The predicted molar refractivity (Wildman–Crippen MR) is 122 cm³/mol. The van der Waals surface area contributed by atoms with Crippen LogP contribution in [0.3, 0.4) is 0 Å². The summed E-state index contributed by atoms with van der Waals surface area (Å²) in [4.78, 5) is 11.5. The van der Waals surface area contributed by atoms with Crippen molar-refractivity contribution in [3.05, 3.63) is 58.9 Å². The molecule has 158 valence electrons. The number of rotatable bonds is 6. The highest BCUT2D eigenvalue weighted by Gasteiger charge is 2.22. The first-order valence-corrected chi connectivity index (χ1v) is 10.8. The Balaban J connectivity index is 1.34. The smallest absolute Gasteiger partial charge is 0.225 e. The second-order valence-electron chi connectivity index (χ2n) is 8.10. The predicted octanol–water partition coefficient (Wildman–Crippen LogP) is 5.00. The van der Waals surface area contributed by atoms with Crippen LogP contribution in [0.1, 0.15) is 31.2 Å². The molecule has 1 saturated carbocycles. The van der Waals surface area contributed by atoms with Gasteiger partial charge in [-0.1, -0.05) is 29.8 Å². The number of fused-ring (bicyclic) bond motifs is 1. The maximum atomic E-state index is 13.3. The molecule has 4 rings (SSSR count). The summed E-state index contributed by atoms with van der Waals surface area (Å²) >= 11 is 5.87. The van der Waals surface area contributed by atoms with Crippen LogP contribution in [0.2, 0.25) is 5.02 Å². The third kappa shape index (κ3) is 4.82. The van der Waals surface area contributed by atoms with Crippen LogP contribution < -0.4 is 15.5 Å². The zero-order chi connectivity index (χ0) is 21.1. The van der Waals surface area contributed by atoms with Crippen molar-refractivity contribution >= 4 is 34.3 Å². The van der Waals surface area contributed by atoms with Crippen LogP contribution in [-0.2, 0) is 6.54 Å². The highest BCUT2D eigenvalue weighted by atomic mass is 35.5. The molecule has 1 heterocycles. The van der Waals surface area contributed by atoms with Crippen molar-refractivity contribution in [2.45, 2.75) is 44.3 Å². The van der Waals surface area contributed by atoms with Crippen molar-refractivity contribution in [1.29, 1.82) is 0 Å². The number of hydrogen-bond acceptors (Lipinski definition) is 5. The fraction of sp³-hybridized carbons (Fsp3) is 0.391. The van der Waals surface area contributed by atoms with Gasteiger partial charge in [-0.25, -0.2) is 9.37 Å². The van der Waals surface area contributed by atoms with Crippen molar-refractivity contribution in [3.63, 3.8) is 0 Å². The maximum absolute atomic E-state index is 13.3. The number of anilines is 2. The number of hydrogen-bond donors (Lipinski definition) is 2. The molecule has 7 heteroatoms. The molecule has 0 radical (unpaired) electrons. The van der Waals surface area contributed by atoms with Gasteiger partial charge in [0.1, 0.15) is 11.6 Å². The van der Waals surface area contributed by atoms with Gasteiger partial charge in [-0.2, -0.15) is 4.98 Å². The van der Waals surface area contributed by atoms with Crippen LogP contribution in [0.25, 0.3) is 10.9 Å². The number of aromatic nitrogens is 2. The van der Waals surface area contributed by atoms with Crippen molar-refractivity contribution in [1.82, 2.24) is 15.3 Å². The Bertz CT molecular complexity index is 1020. The zero-order valence-corrected chi connectivity index (χ0v) is 18.1. The first-order valence-electron chi connectivity index (χ1n) is 10.4. The number of benzene rings is 2. The fourth-order valence-electron chi connectivity index (χ4n) is 4.00. The van der Waals surface area contributed by atoms with Gasteiger partial charge in [-0.15, -0.1) is 0 Å².